The monoisotopic (exact) mass is 303 g/mol. The van der Waals surface area contributed by atoms with Crippen molar-refractivity contribution in [2.24, 2.45) is 0 Å². The van der Waals surface area contributed by atoms with E-state index >= 15 is 0 Å². The Morgan fingerprint density at radius 2 is 1.52 bits per heavy atom. The van der Waals surface area contributed by atoms with Crippen LogP contribution in [0.15, 0.2) is 72.8 Å². The summed E-state index contributed by atoms with van der Waals surface area (Å²) >= 11 is 0. The van der Waals surface area contributed by atoms with Gasteiger partial charge < -0.3 is 10.1 Å². The van der Waals surface area contributed by atoms with E-state index in [1.807, 2.05) is 42.5 Å². The fourth-order valence-electron chi connectivity index (χ4n) is 2.48. The number of hydrogen-bond acceptors (Lipinski definition) is 2. The van der Waals surface area contributed by atoms with E-state index in [-0.39, 0.29) is 0 Å². The summed E-state index contributed by atoms with van der Waals surface area (Å²) < 4.78 is 5.89. The van der Waals surface area contributed by atoms with Crippen molar-refractivity contribution in [3.8, 4) is 11.5 Å². The molecular formula is C21H21NO. The van der Waals surface area contributed by atoms with Gasteiger partial charge in [0.05, 0.1) is 0 Å². The minimum atomic E-state index is 0.774. The minimum Gasteiger partial charge on any atom is -0.457 e. The molecule has 0 amide bonds. The van der Waals surface area contributed by atoms with Crippen molar-refractivity contribution in [1.82, 2.24) is 0 Å². The van der Waals surface area contributed by atoms with Gasteiger partial charge in [-0.1, -0.05) is 42.5 Å². The van der Waals surface area contributed by atoms with Gasteiger partial charge in [-0.05, 0) is 60.9 Å². The highest BCUT2D eigenvalue weighted by molar-refractivity contribution is 5.54. The molecule has 0 saturated heterocycles. The molecule has 0 aromatic heterocycles. The average Bonchev–Trinajstić information content (AvgIpc) is 2.57. The molecule has 0 bridgehead atoms. The molecule has 3 aromatic carbocycles. The first-order valence-corrected chi connectivity index (χ1v) is 7.84. The van der Waals surface area contributed by atoms with Gasteiger partial charge in [0.15, 0.2) is 0 Å². The maximum atomic E-state index is 5.89. The van der Waals surface area contributed by atoms with E-state index < -0.39 is 0 Å². The Kier molecular flexibility index (Phi) is 4.62. The lowest BCUT2D eigenvalue weighted by molar-refractivity contribution is 0.482. The maximum absolute atomic E-state index is 5.89. The van der Waals surface area contributed by atoms with Crippen molar-refractivity contribution in [3.05, 3.63) is 89.5 Å². The van der Waals surface area contributed by atoms with Crippen molar-refractivity contribution in [2.45, 2.75) is 20.4 Å². The average molecular weight is 303 g/mol. The van der Waals surface area contributed by atoms with Crippen molar-refractivity contribution in [3.63, 3.8) is 0 Å². The Balaban J connectivity index is 1.69. The molecular weight excluding hydrogens is 282 g/mol. The number of hydrogen-bond donors (Lipinski definition) is 1. The summed E-state index contributed by atoms with van der Waals surface area (Å²) in [5.74, 6) is 1.71. The van der Waals surface area contributed by atoms with Crippen LogP contribution in [0.5, 0.6) is 11.5 Å². The lowest BCUT2D eigenvalue weighted by atomic mass is 10.1. The normalized spacial score (nSPS) is 10.3. The van der Waals surface area contributed by atoms with Crippen LogP contribution in [0.2, 0.25) is 0 Å². The SMILES string of the molecule is Cc1cccc(NCc2cccc(Oc3ccccc3)c2)c1C. The molecule has 0 heterocycles. The van der Waals surface area contributed by atoms with Crippen LogP contribution in [0, 0.1) is 13.8 Å². The molecule has 3 rings (SSSR count). The number of para-hydroxylation sites is 1. The van der Waals surface area contributed by atoms with E-state index in [1.165, 1.54) is 22.4 Å². The summed E-state index contributed by atoms with van der Waals surface area (Å²) in [4.78, 5) is 0. The fourth-order valence-corrected chi connectivity index (χ4v) is 2.48. The van der Waals surface area contributed by atoms with Gasteiger partial charge in [0.1, 0.15) is 11.5 Å². The number of benzene rings is 3. The van der Waals surface area contributed by atoms with Crippen LogP contribution in [0.4, 0.5) is 5.69 Å². The van der Waals surface area contributed by atoms with E-state index in [9.17, 15) is 0 Å². The number of nitrogens with one attached hydrogen (secondary N) is 1. The van der Waals surface area contributed by atoms with Crippen LogP contribution in [0.3, 0.4) is 0 Å². The summed E-state index contributed by atoms with van der Waals surface area (Å²) in [6.07, 6.45) is 0. The second kappa shape index (κ2) is 7.01. The Morgan fingerprint density at radius 3 is 2.35 bits per heavy atom. The van der Waals surface area contributed by atoms with Gasteiger partial charge in [-0.3, -0.25) is 0 Å². The van der Waals surface area contributed by atoms with E-state index in [0.717, 1.165) is 18.0 Å². The van der Waals surface area contributed by atoms with Gasteiger partial charge in [-0.2, -0.15) is 0 Å². The van der Waals surface area contributed by atoms with E-state index in [0.29, 0.717) is 0 Å². The first kappa shape index (κ1) is 15.2. The molecule has 2 heteroatoms. The highest BCUT2D eigenvalue weighted by Gasteiger charge is 2.02. The van der Waals surface area contributed by atoms with Crippen molar-refractivity contribution in [1.29, 1.82) is 0 Å². The highest BCUT2D eigenvalue weighted by Crippen LogP contribution is 2.23. The molecule has 0 saturated carbocycles. The zero-order chi connectivity index (χ0) is 16.1. The number of aryl methyl sites for hydroxylation is 1. The molecule has 0 spiro atoms. The molecule has 0 unspecified atom stereocenters. The molecule has 0 atom stereocenters. The summed E-state index contributed by atoms with van der Waals surface area (Å²) in [6, 6.07) is 24.4. The van der Waals surface area contributed by atoms with Gasteiger partial charge in [0.2, 0.25) is 0 Å². The fraction of sp³-hybridized carbons (Fsp3) is 0.143. The van der Waals surface area contributed by atoms with Gasteiger partial charge in [0, 0.05) is 12.2 Å². The molecule has 0 radical (unpaired) electrons. The van der Waals surface area contributed by atoms with E-state index in [2.05, 4.69) is 49.5 Å². The summed E-state index contributed by atoms with van der Waals surface area (Å²) in [6.45, 7) is 5.05. The Hall–Kier alpha value is -2.74. The third kappa shape index (κ3) is 3.92. The first-order chi connectivity index (χ1) is 11.2. The number of ether oxygens (including phenoxy) is 1. The van der Waals surface area contributed by atoms with Gasteiger partial charge in [-0.15, -0.1) is 0 Å². The van der Waals surface area contributed by atoms with Crippen molar-refractivity contribution < 1.29 is 4.74 Å². The van der Waals surface area contributed by atoms with Crippen LogP contribution in [-0.2, 0) is 6.54 Å². The molecule has 0 aliphatic heterocycles. The van der Waals surface area contributed by atoms with Crippen LogP contribution in [0.1, 0.15) is 16.7 Å². The van der Waals surface area contributed by atoms with E-state index in [1.54, 1.807) is 0 Å². The van der Waals surface area contributed by atoms with Crippen LogP contribution in [-0.4, -0.2) is 0 Å². The van der Waals surface area contributed by atoms with Gasteiger partial charge in [0.25, 0.3) is 0 Å². The van der Waals surface area contributed by atoms with Crippen LogP contribution < -0.4 is 10.1 Å². The zero-order valence-electron chi connectivity index (χ0n) is 13.5. The zero-order valence-corrected chi connectivity index (χ0v) is 13.5. The molecule has 116 valence electrons. The summed E-state index contributed by atoms with van der Waals surface area (Å²) in [5, 5.41) is 3.51. The smallest absolute Gasteiger partial charge is 0.127 e. The predicted molar refractivity (Wildman–Crippen MR) is 96.2 cm³/mol. The highest BCUT2D eigenvalue weighted by atomic mass is 16.5. The Labute approximate surface area is 137 Å². The lowest BCUT2D eigenvalue weighted by Gasteiger charge is -2.12. The van der Waals surface area contributed by atoms with E-state index in [4.69, 9.17) is 4.74 Å². The topological polar surface area (TPSA) is 21.3 Å². The number of rotatable bonds is 5. The molecule has 23 heavy (non-hydrogen) atoms. The molecule has 2 nitrogen and oxygen atoms in total. The predicted octanol–water partition coefficient (Wildman–Crippen LogP) is 5.71. The maximum Gasteiger partial charge on any atom is 0.127 e. The number of anilines is 1. The van der Waals surface area contributed by atoms with Crippen molar-refractivity contribution in [2.75, 3.05) is 5.32 Å². The molecule has 0 aliphatic rings. The summed E-state index contributed by atoms with van der Waals surface area (Å²) in [5.41, 5.74) is 4.97. The lowest BCUT2D eigenvalue weighted by Crippen LogP contribution is -2.02. The minimum absolute atomic E-state index is 0.774. The molecule has 0 aliphatic carbocycles. The first-order valence-electron chi connectivity index (χ1n) is 7.84. The van der Waals surface area contributed by atoms with Crippen LogP contribution >= 0.6 is 0 Å². The third-order valence-electron chi connectivity index (χ3n) is 3.96. The summed E-state index contributed by atoms with van der Waals surface area (Å²) in [7, 11) is 0. The van der Waals surface area contributed by atoms with Gasteiger partial charge in [-0.25, -0.2) is 0 Å². The molecule has 0 fully saturated rings. The Morgan fingerprint density at radius 1 is 0.783 bits per heavy atom. The van der Waals surface area contributed by atoms with Crippen molar-refractivity contribution >= 4 is 5.69 Å². The van der Waals surface area contributed by atoms with Gasteiger partial charge >= 0.3 is 0 Å². The second-order valence-electron chi connectivity index (χ2n) is 5.66. The Bertz CT molecular complexity index is 781. The standard InChI is InChI=1S/C21H21NO/c1-16-8-6-13-21(17(16)2)22-15-18-9-7-12-20(14-18)23-19-10-4-3-5-11-19/h3-14,22H,15H2,1-2H3. The largest absolute Gasteiger partial charge is 0.457 e. The molecule has 3 aromatic rings. The third-order valence-corrected chi connectivity index (χ3v) is 3.96. The quantitative estimate of drug-likeness (QED) is 0.652. The van der Waals surface area contributed by atoms with Crippen LogP contribution in [0.25, 0.3) is 0 Å². The second-order valence-corrected chi connectivity index (χ2v) is 5.66. The molecule has 1 N–H and O–H groups in total.